The number of carbonyl (C=O) groups excluding carboxylic acids is 1. The van der Waals surface area contributed by atoms with E-state index < -0.39 is 0 Å². The van der Waals surface area contributed by atoms with Crippen LogP contribution in [0.3, 0.4) is 0 Å². The third-order valence-electron chi connectivity index (χ3n) is 12.6. The molecule has 1 amide bonds. The van der Waals surface area contributed by atoms with Gasteiger partial charge in [-0.15, -0.1) is 0 Å². The van der Waals surface area contributed by atoms with E-state index in [9.17, 15) is 4.79 Å². The number of fused-ring (bicyclic) bond motifs is 5. The first-order valence-corrected chi connectivity index (χ1v) is 16.4. The van der Waals surface area contributed by atoms with E-state index in [1.54, 1.807) is 5.57 Å². The predicted molar refractivity (Wildman–Crippen MR) is 163 cm³/mol. The van der Waals surface area contributed by atoms with Gasteiger partial charge in [-0.25, -0.2) is 4.79 Å². The van der Waals surface area contributed by atoms with Gasteiger partial charge in [0.25, 0.3) is 0 Å². The molecule has 9 atom stereocenters. The van der Waals surface area contributed by atoms with Gasteiger partial charge in [-0.1, -0.05) is 84.2 Å². The maximum absolute atomic E-state index is 12.6. The van der Waals surface area contributed by atoms with Crippen molar-refractivity contribution < 1.29 is 9.53 Å². The average molecular weight is 534 g/mol. The molecule has 3 nitrogen and oxygen atoms in total. The van der Waals surface area contributed by atoms with Crippen LogP contribution in [-0.2, 0) is 4.74 Å². The first kappa shape index (κ1) is 28.7. The van der Waals surface area contributed by atoms with Crippen LogP contribution in [0, 0.1) is 52.3 Å². The molecule has 0 spiro atoms. The number of allylic oxidation sites excluding steroid dienone is 1. The molecule has 0 aliphatic heterocycles. The Kier molecular flexibility index (Phi) is 8.56. The monoisotopic (exact) mass is 533 g/mol. The van der Waals surface area contributed by atoms with Crippen LogP contribution in [0.1, 0.15) is 112 Å². The van der Waals surface area contributed by atoms with E-state index in [0.29, 0.717) is 5.41 Å². The summed E-state index contributed by atoms with van der Waals surface area (Å²) in [6, 6.07) is 9.63. The van der Waals surface area contributed by atoms with Crippen molar-refractivity contribution in [3.8, 4) is 0 Å². The van der Waals surface area contributed by atoms with Crippen molar-refractivity contribution >= 4 is 11.8 Å². The minimum absolute atomic E-state index is 0.00654. The van der Waals surface area contributed by atoms with Gasteiger partial charge in [0.2, 0.25) is 0 Å². The molecule has 3 heteroatoms. The number of ether oxygens (including phenoxy) is 1. The van der Waals surface area contributed by atoms with Crippen molar-refractivity contribution in [2.75, 3.05) is 5.32 Å². The van der Waals surface area contributed by atoms with Gasteiger partial charge in [-0.2, -0.15) is 0 Å². The van der Waals surface area contributed by atoms with E-state index in [2.05, 4.69) is 52.9 Å². The van der Waals surface area contributed by atoms with Gasteiger partial charge in [0.15, 0.2) is 0 Å². The van der Waals surface area contributed by atoms with Crippen molar-refractivity contribution in [3.63, 3.8) is 0 Å². The summed E-state index contributed by atoms with van der Waals surface area (Å²) in [4.78, 5) is 12.6. The number of rotatable bonds is 8. The van der Waals surface area contributed by atoms with E-state index in [-0.39, 0.29) is 17.6 Å². The van der Waals surface area contributed by atoms with E-state index in [4.69, 9.17) is 4.74 Å². The van der Waals surface area contributed by atoms with Crippen molar-refractivity contribution in [3.05, 3.63) is 42.0 Å². The first-order chi connectivity index (χ1) is 18.7. The van der Waals surface area contributed by atoms with Gasteiger partial charge in [0, 0.05) is 12.1 Å². The number of para-hydroxylation sites is 1. The van der Waals surface area contributed by atoms with Gasteiger partial charge in [0.1, 0.15) is 6.10 Å². The summed E-state index contributed by atoms with van der Waals surface area (Å²) in [7, 11) is 0. The fraction of sp³-hybridized carbons (Fsp3) is 0.750. The average Bonchev–Trinajstić information content (AvgIpc) is 3.27. The van der Waals surface area contributed by atoms with Crippen LogP contribution >= 0.6 is 0 Å². The van der Waals surface area contributed by atoms with E-state index in [0.717, 1.165) is 66.4 Å². The molecule has 0 saturated heterocycles. The molecule has 3 fully saturated rings. The van der Waals surface area contributed by atoms with Crippen LogP contribution in [0.25, 0.3) is 0 Å². The van der Waals surface area contributed by atoms with Crippen LogP contribution in [0.15, 0.2) is 42.0 Å². The lowest BCUT2D eigenvalue weighted by molar-refractivity contribution is -0.0579. The number of anilines is 1. The minimum Gasteiger partial charge on any atom is -0.446 e. The third-order valence-corrected chi connectivity index (χ3v) is 12.6. The van der Waals surface area contributed by atoms with Gasteiger partial charge in [-0.05, 0) is 116 Å². The normalized spacial score (nSPS) is 37.2. The summed E-state index contributed by atoms with van der Waals surface area (Å²) in [6.07, 6.45) is 16.4. The summed E-state index contributed by atoms with van der Waals surface area (Å²) < 4.78 is 5.92. The third kappa shape index (κ3) is 5.58. The fourth-order valence-electron chi connectivity index (χ4n) is 10.2. The molecule has 39 heavy (non-hydrogen) atoms. The smallest absolute Gasteiger partial charge is 0.411 e. The number of benzene rings is 1. The van der Waals surface area contributed by atoms with Crippen molar-refractivity contribution in [2.24, 2.45) is 52.3 Å². The van der Waals surface area contributed by atoms with Crippen molar-refractivity contribution in [1.29, 1.82) is 0 Å². The molecule has 1 aromatic rings. The number of amides is 1. The molecule has 3 saturated carbocycles. The molecular formula is C36H55NO2. The molecule has 0 aromatic heterocycles. The number of nitrogens with one attached hydrogen (secondary N) is 1. The second kappa shape index (κ2) is 11.6. The Morgan fingerprint density at radius 1 is 1.00 bits per heavy atom. The van der Waals surface area contributed by atoms with Crippen LogP contribution in [0.2, 0.25) is 0 Å². The topological polar surface area (TPSA) is 38.3 Å². The number of hydrogen-bond acceptors (Lipinski definition) is 2. The van der Waals surface area contributed by atoms with Gasteiger partial charge < -0.3 is 4.74 Å². The molecule has 0 unspecified atom stereocenters. The van der Waals surface area contributed by atoms with Crippen LogP contribution < -0.4 is 5.32 Å². The maximum atomic E-state index is 12.6. The lowest BCUT2D eigenvalue weighted by Crippen LogP contribution is -2.51. The minimum atomic E-state index is -0.317. The second-order valence-corrected chi connectivity index (χ2v) is 14.7. The van der Waals surface area contributed by atoms with Crippen LogP contribution in [0.5, 0.6) is 0 Å². The standard InChI is InChI=1S/C36H55NO2/c1-7-26(24(2)3)14-13-25(4)31-17-18-32-30-16-15-27-23-29(39-34(38)37-28-11-9-8-10-12-28)19-21-35(27,5)33(30)20-22-36(31,32)6/h8-12,15,24-26,29-33H,7,13-14,16-23H2,1-6H3,(H,37,38)/t25-,26-,29+,30+,31-,32+,33+,35+,36-/m1/s1. The Balaban J connectivity index is 1.22. The van der Waals surface area contributed by atoms with Gasteiger partial charge in [-0.3, -0.25) is 5.32 Å². The lowest BCUT2D eigenvalue weighted by Gasteiger charge is -2.58. The molecule has 5 rings (SSSR count). The fourth-order valence-corrected chi connectivity index (χ4v) is 10.2. The second-order valence-electron chi connectivity index (χ2n) is 14.7. The number of hydrogen-bond donors (Lipinski definition) is 1. The molecule has 4 aliphatic rings. The first-order valence-electron chi connectivity index (χ1n) is 16.4. The summed E-state index contributed by atoms with van der Waals surface area (Å²) in [6.45, 7) is 15.1. The Morgan fingerprint density at radius 2 is 1.77 bits per heavy atom. The molecule has 0 bridgehead atoms. The zero-order chi connectivity index (χ0) is 27.8. The molecule has 216 valence electrons. The summed E-state index contributed by atoms with van der Waals surface area (Å²) in [5.41, 5.74) is 3.19. The van der Waals surface area contributed by atoms with E-state index in [1.807, 2.05) is 30.3 Å². The highest BCUT2D eigenvalue weighted by atomic mass is 16.6. The van der Waals surface area contributed by atoms with Crippen LogP contribution in [-0.4, -0.2) is 12.2 Å². The molecular weight excluding hydrogens is 478 g/mol. The maximum Gasteiger partial charge on any atom is 0.411 e. The Morgan fingerprint density at radius 3 is 2.49 bits per heavy atom. The molecule has 1 aromatic carbocycles. The number of carbonyl (C=O) groups is 1. The highest BCUT2D eigenvalue weighted by Crippen LogP contribution is 2.67. The SMILES string of the molecule is CC[C@H](CC[C@@H](C)[C@H]1CC[C@H]2[C@@H]3CC=C4C[C@@H](OC(=O)Nc5ccccc5)CC[C@]4(C)[C@H]3CC[C@]12C)C(C)C. The highest BCUT2D eigenvalue weighted by Gasteiger charge is 2.59. The molecule has 0 radical (unpaired) electrons. The van der Waals surface area contributed by atoms with Crippen molar-refractivity contribution in [1.82, 2.24) is 0 Å². The zero-order valence-corrected chi connectivity index (χ0v) is 25.7. The Bertz CT molecular complexity index is 1020. The summed E-state index contributed by atoms with van der Waals surface area (Å²) >= 11 is 0. The molecule has 1 N–H and O–H groups in total. The zero-order valence-electron chi connectivity index (χ0n) is 25.7. The van der Waals surface area contributed by atoms with Crippen molar-refractivity contribution in [2.45, 2.75) is 118 Å². The molecule has 4 aliphatic carbocycles. The summed E-state index contributed by atoms with van der Waals surface area (Å²) in [5.74, 6) is 5.98. The Hall–Kier alpha value is -1.77. The predicted octanol–water partition coefficient (Wildman–Crippen LogP) is 10.3. The van der Waals surface area contributed by atoms with E-state index in [1.165, 1.54) is 51.4 Å². The van der Waals surface area contributed by atoms with Gasteiger partial charge in [0.05, 0.1) is 0 Å². The van der Waals surface area contributed by atoms with Gasteiger partial charge >= 0.3 is 6.09 Å². The summed E-state index contributed by atoms with van der Waals surface area (Å²) in [5, 5.41) is 2.90. The Labute approximate surface area is 238 Å². The quantitative estimate of drug-likeness (QED) is 0.338. The highest BCUT2D eigenvalue weighted by molar-refractivity contribution is 5.84. The van der Waals surface area contributed by atoms with Crippen LogP contribution in [0.4, 0.5) is 10.5 Å². The van der Waals surface area contributed by atoms with E-state index >= 15 is 0 Å². The molecule has 0 heterocycles. The largest absolute Gasteiger partial charge is 0.446 e. The lowest BCUT2D eigenvalue weighted by atomic mass is 9.47.